The number of nitrogens with one attached hydrogen (secondary N) is 1. The number of carbonyl (C=O) groups excluding carboxylic acids is 1. The summed E-state index contributed by atoms with van der Waals surface area (Å²) in [6.45, 7) is 6.19. The second kappa shape index (κ2) is 13.2. The molecule has 0 saturated heterocycles. The lowest BCUT2D eigenvalue weighted by Crippen LogP contribution is -2.33. The van der Waals surface area contributed by atoms with Crippen LogP contribution in [0, 0.1) is 11.3 Å². The zero-order valence-electron chi connectivity index (χ0n) is 19.8. The Morgan fingerprint density at radius 3 is 2.53 bits per heavy atom. The molecule has 1 atom stereocenters. The minimum atomic E-state index is -1.69. The van der Waals surface area contributed by atoms with Gasteiger partial charge in [-0.2, -0.15) is 5.26 Å². The monoisotopic (exact) mass is 490 g/mol. The zero-order chi connectivity index (χ0) is 25.3. The Morgan fingerprint density at radius 2 is 1.97 bits per heavy atom. The fraction of sp³-hybridized carbons (Fsp3) is 0.440. The number of nitrogens with zero attached hydrogens (tertiary/aromatic N) is 1. The maximum absolute atomic E-state index is 12.8. The first-order valence-electron chi connectivity index (χ1n) is 11.0. The molecule has 2 aromatic rings. The smallest absolute Gasteiger partial charge is 0.253 e. The summed E-state index contributed by atoms with van der Waals surface area (Å²) < 4.78 is 16.5. The van der Waals surface area contributed by atoms with E-state index in [0.29, 0.717) is 29.2 Å². The molecular formula is C25H31ClN2O6. The molecule has 0 heterocycles. The number of halogens is 1. The van der Waals surface area contributed by atoms with Crippen LogP contribution in [-0.2, 0) is 17.7 Å². The third-order valence-electron chi connectivity index (χ3n) is 4.86. The predicted molar refractivity (Wildman–Crippen MR) is 128 cm³/mol. The van der Waals surface area contributed by atoms with E-state index in [1.54, 1.807) is 44.2 Å². The molecule has 34 heavy (non-hydrogen) atoms. The number of amides is 1. The van der Waals surface area contributed by atoms with Crippen molar-refractivity contribution in [2.24, 2.45) is 0 Å². The molecule has 0 aliphatic heterocycles. The Bertz CT molecular complexity index is 1020. The van der Waals surface area contributed by atoms with Crippen LogP contribution in [-0.4, -0.2) is 48.3 Å². The molecule has 1 amide bonds. The highest BCUT2D eigenvalue weighted by Crippen LogP contribution is 2.28. The van der Waals surface area contributed by atoms with E-state index in [9.17, 15) is 20.3 Å². The number of benzene rings is 2. The molecule has 9 heteroatoms. The van der Waals surface area contributed by atoms with Gasteiger partial charge in [0.1, 0.15) is 23.7 Å². The van der Waals surface area contributed by atoms with Crippen LogP contribution in [0.4, 0.5) is 0 Å². The molecule has 0 aliphatic carbocycles. The quantitative estimate of drug-likeness (QED) is 0.389. The van der Waals surface area contributed by atoms with E-state index < -0.39 is 18.3 Å². The van der Waals surface area contributed by atoms with Crippen molar-refractivity contribution in [3.05, 3.63) is 57.6 Å². The van der Waals surface area contributed by atoms with Gasteiger partial charge in [0.15, 0.2) is 6.29 Å². The van der Waals surface area contributed by atoms with Gasteiger partial charge in [0, 0.05) is 18.5 Å². The van der Waals surface area contributed by atoms with Gasteiger partial charge in [-0.15, -0.1) is 0 Å². The Hall–Kier alpha value is -2.83. The van der Waals surface area contributed by atoms with E-state index in [0.717, 1.165) is 6.42 Å². The molecule has 8 nitrogen and oxygen atoms in total. The van der Waals surface area contributed by atoms with E-state index in [-0.39, 0.29) is 35.2 Å². The predicted octanol–water partition coefficient (Wildman–Crippen LogP) is 3.59. The Morgan fingerprint density at radius 1 is 1.24 bits per heavy atom. The average molecular weight is 491 g/mol. The Balaban J connectivity index is 2.24. The molecule has 0 aliphatic rings. The number of methoxy groups -OCH3 is 1. The van der Waals surface area contributed by atoms with Crippen LogP contribution in [0.25, 0.3) is 0 Å². The standard InChI is InChI=1S/C25H31ClN2O6/c1-5-8-33-19-6-7-20(21(26)12-19)24(29)28-14-18-10-16(9-17(13-27)23(18)32-4)11-22(25(30)31)34-15(2)3/h6-7,9-10,12,15,22,25,30-31H,5,8,11,14H2,1-4H3,(H,28,29). The fourth-order valence-electron chi connectivity index (χ4n) is 3.39. The molecule has 0 saturated carbocycles. The van der Waals surface area contributed by atoms with E-state index in [2.05, 4.69) is 11.4 Å². The second-order valence-corrected chi connectivity index (χ2v) is 8.37. The lowest BCUT2D eigenvalue weighted by atomic mass is 9.99. The second-order valence-electron chi connectivity index (χ2n) is 7.96. The summed E-state index contributed by atoms with van der Waals surface area (Å²) in [4.78, 5) is 12.8. The normalized spacial score (nSPS) is 11.9. The number of rotatable bonds is 12. The van der Waals surface area contributed by atoms with Crippen molar-refractivity contribution < 1.29 is 29.2 Å². The summed E-state index contributed by atoms with van der Waals surface area (Å²) in [7, 11) is 1.44. The van der Waals surface area contributed by atoms with Crippen LogP contribution in [0.2, 0.25) is 5.02 Å². The Labute approximate surface area is 205 Å². The molecule has 0 aromatic heterocycles. The van der Waals surface area contributed by atoms with E-state index in [4.69, 9.17) is 25.8 Å². The first kappa shape index (κ1) is 27.4. The maximum atomic E-state index is 12.8. The minimum absolute atomic E-state index is 0.0618. The maximum Gasteiger partial charge on any atom is 0.253 e. The highest BCUT2D eigenvalue weighted by atomic mass is 35.5. The van der Waals surface area contributed by atoms with Gasteiger partial charge in [-0.25, -0.2) is 0 Å². The van der Waals surface area contributed by atoms with Gasteiger partial charge >= 0.3 is 0 Å². The number of ether oxygens (including phenoxy) is 3. The van der Waals surface area contributed by atoms with Crippen molar-refractivity contribution in [1.29, 1.82) is 5.26 Å². The number of hydrogen-bond donors (Lipinski definition) is 3. The number of aliphatic hydroxyl groups is 2. The van der Waals surface area contributed by atoms with E-state index in [1.165, 1.54) is 7.11 Å². The summed E-state index contributed by atoms with van der Waals surface area (Å²) >= 11 is 6.27. The number of aliphatic hydroxyl groups excluding tert-OH is 1. The minimum Gasteiger partial charge on any atom is -0.495 e. The fourth-order valence-corrected chi connectivity index (χ4v) is 3.65. The van der Waals surface area contributed by atoms with Gasteiger partial charge in [0.25, 0.3) is 5.91 Å². The zero-order valence-corrected chi connectivity index (χ0v) is 20.6. The number of hydrogen-bond acceptors (Lipinski definition) is 7. The third-order valence-corrected chi connectivity index (χ3v) is 5.18. The van der Waals surface area contributed by atoms with Crippen LogP contribution in [0.15, 0.2) is 30.3 Å². The van der Waals surface area contributed by atoms with Crippen molar-refractivity contribution >= 4 is 17.5 Å². The number of nitriles is 1. The molecular weight excluding hydrogens is 460 g/mol. The van der Waals surface area contributed by atoms with Crippen molar-refractivity contribution in [2.45, 2.75) is 58.7 Å². The van der Waals surface area contributed by atoms with Crippen molar-refractivity contribution in [1.82, 2.24) is 5.32 Å². The van der Waals surface area contributed by atoms with Gasteiger partial charge in [-0.3, -0.25) is 4.79 Å². The highest BCUT2D eigenvalue weighted by Gasteiger charge is 2.22. The van der Waals surface area contributed by atoms with Crippen LogP contribution in [0.5, 0.6) is 11.5 Å². The molecule has 3 N–H and O–H groups in total. The number of carbonyl (C=O) groups is 1. The van der Waals surface area contributed by atoms with Gasteiger partial charge < -0.3 is 29.7 Å². The van der Waals surface area contributed by atoms with Gasteiger partial charge in [-0.05, 0) is 50.1 Å². The molecule has 0 radical (unpaired) electrons. The van der Waals surface area contributed by atoms with Crippen molar-refractivity contribution in [2.75, 3.05) is 13.7 Å². The lowest BCUT2D eigenvalue weighted by Gasteiger charge is -2.23. The van der Waals surface area contributed by atoms with Crippen LogP contribution in [0.1, 0.15) is 54.2 Å². The SMILES string of the molecule is CCCOc1ccc(C(=O)NCc2cc(CC(OC(C)C)C(O)O)cc(C#N)c2OC)c(Cl)c1. The topological polar surface area (TPSA) is 121 Å². The lowest BCUT2D eigenvalue weighted by molar-refractivity contribution is -0.157. The van der Waals surface area contributed by atoms with Crippen LogP contribution >= 0.6 is 11.6 Å². The van der Waals surface area contributed by atoms with E-state index >= 15 is 0 Å². The molecule has 184 valence electrons. The summed E-state index contributed by atoms with van der Waals surface area (Å²) in [5.74, 6) is 0.511. The molecule has 2 rings (SSSR count). The van der Waals surface area contributed by atoms with Gasteiger partial charge in [0.05, 0.1) is 36.0 Å². The molecule has 2 aromatic carbocycles. The van der Waals surface area contributed by atoms with Crippen LogP contribution < -0.4 is 14.8 Å². The first-order chi connectivity index (χ1) is 16.2. The average Bonchev–Trinajstić information content (AvgIpc) is 2.79. The highest BCUT2D eigenvalue weighted by molar-refractivity contribution is 6.34. The molecule has 0 spiro atoms. The van der Waals surface area contributed by atoms with Gasteiger partial charge in [0.2, 0.25) is 0 Å². The molecule has 1 unspecified atom stereocenters. The summed E-state index contributed by atoms with van der Waals surface area (Å²) in [6, 6.07) is 10.3. The van der Waals surface area contributed by atoms with Crippen molar-refractivity contribution in [3.63, 3.8) is 0 Å². The largest absolute Gasteiger partial charge is 0.495 e. The Kier molecular flexibility index (Phi) is 10.6. The van der Waals surface area contributed by atoms with Crippen molar-refractivity contribution in [3.8, 4) is 17.6 Å². The summed E-state index contributed by atoms with van der Waals surface area (Å²) in [6.07, 6.45) is -1.78. The first-order valence-corrected chi connectivity index (χ1v) is 11.4. The van der Waals surface area contributed by atoms with Crippen LogP contribution in [0.3, 0.4) is 0 Å². The summed E-state index contributed by atoms with van der Waals surface area (Å²) in [5, 5.41) is 32.0. The van der Waals surface area contributed by atoms with Gasteiger partial charge in [-0.1, -0.05) is 24.6 Å². The third kappa shape index (κ3) is 7.61. The molecule has 0 bridgehead atoms. The summed E-state index contributed by atoms with van der Waals surface area (Å²) in [5.41, 5.74) is 1.74. The molecule has 0 fully saturated rings. The van der Waals surface area contributed by atoms with E-state index in [1.807, 2.05) is 6.92 Å².